The molecule has 1 aromatic heterocycles. The summed E-state index contributed by atoms with van der Waals surface area (Å²) < 4.78 is 40.0. The van der Waals surface area contributed by atoms with Crippen LogP contribution in [0.3, 0.4) is 0 Å². The zero-order chi connectivity index (χ0) is 17.5. The van der Waals surface area contributed by atoms with Crippen LogP contribution in [0.25, 0.3) is 22.2 Å². The zero-order valence-electron chi connectivity index (χ0n) is 12.7. The smallest absolute Gasteiger partial charge is 0.341 e. The van der Waals surface area contributed by atoms with Gasteiger partial charge in [0.05, 0.1) is 10.5 Å². The van der Waals surface area contributed by atoms with E-state index in [1.54, 1.807) is 12.1 Å². The molecule has 0 fully saturated rings. The van der Waals surface area contributed by atoms with E-state index < -0.39 is 16.7 Å². The van der Waals surface area contributed by atoms with Crippen molar-refractivity contribution in [3.8, 4) is 11.3 Å². The Hall–Kier alpha value is -2.83. The second kappa shape index (κ2) is 5.67. The van der Waals surface area contributed by atoms with Crippen molar-refractivity contribution in [2.24, 2.45) is 0 Å². The van der Waals surface area contributed by atoms with Gasteiger partial charge in [0.1, 0.15) is 0 Å². The molecule has 0 aliphatic rings. The number of aromatic nitrogens is 1. The molecule has 0 amide bonds. The summed E-state index contributed by atoms with van der Waals surface area (Å²) in [6.07, 6.45) is -4.38. The molecule has 0 bridgehead atoms. The molecule has 0 spiro atoms. The molecule has 0 unspecified atom stereocenters. The van der Waals surface area contributed by atoms with Crippen LogP contribution in [0.15, 0.2) is 48.5 Å². The summed E-state index contributed by atoms with van der Waals surface area (Å²) >= 11 is 0. The van der Waals surface area contributed by atoms with Crippen molar-refractivity contribution in [2.45, 2.75) is 19.6 Å². The first-order chi connectivity index (χ1) is 11.3. The largest absolute Gasteiger partial charge is 0.416 e. The maximum Gasteiger partial charge on any atom is 0.416 e. The third-order valence-corrected chi connectivity index (χ3v) is 3.92. The molecule has 124 valence electrons. The van der Waals surface area contributed by atoms with E-state index in [0.29, 0.717) is 17.5 Å². The fourth-order valence-corrected chi connectivity index (χ4v) is 2.78. The van der Waals surface area contributed by atoms with E-state index in [-0.39, 0.29) is 5.69 Å². The number of fused-ring (bicyclic) bond motifs is 1. The molecule has 0 N–H and O–H groups in total. The molecular formula is C17H13F3N2O2. The lowest BCUT2D eigenvalue weighted by Gasteiger charge is -2.10. The minimum absolute atomic E-state index is 0.0188. The van der Waals surface area contributed by atoms with Crippen LogP contribution in [0.5, 0.6) is 0 Å². The van der Waals surface area contributed by atoms with Crippen LogP contribution in [0.4, 0.5) is 18.9 Å². The Labute approximate surface area is 135 Å². The first-order valence-electron chi connectivity index (χ1n) is 7.26. The first kappa shape index (κ1) is 16.0. The quantitative estimate of drug-likeness (QED) is 0.485. The molecule has 0 saturated heterocycles. The summed E-state index contributed by atoms with van der Waals surface area (Å²) in [6.45, 7) is 2.51. The van der Waals surface area contributed by atoms with Gasteiger partial charge in [0.15, 0.2) is 0 Å². The van der Waals surface area contributed by atoms with Gasteiger partial charge in [-0.2, -0.15) is 13.2 Å². The van der Waals surface area contributed by atoms with Crippen molar-refractivity contribution in [3.63, 3.8) is 0 Å². The molecule has 2 aromatic carbocycles. The number of nitrogens with zero attached hydrogens (tertiary/aromatic N) is 2. The fourth-order valence-electron chi connectivity index (χ4n) is 2.78. The van der Waals surface area contributed by atoms with Gasteiger partial charge in [0, 0.05) is 35.3 Å². The molecule has 7 heteroatoms. The Morgan fingerprint density at radius 2 is 1.75 bits per heavy atom. The fraction of sp³-hybridized carbons (Fsp3) is 0.176. The molecular weight excluding hydrogens is 321 g/mol. The molecule has 0 saturated carbocycles. The number of alkyl halides is 3. The SMILES string of the molecule is CCn1c(-c2ccc(C(F)(F)F)cc2)cc2cc([N+](=O)[O-])ccc21. The van der Waals surface area contributed by atoms with Gasteiger partial charge < -0.3 is 4.57 Å². The van der Waals surface area contributed by atoms with E-state index in [1.807, 2.05) is 11.5 Å². The van der Waals surface area contributed by atoms with E-state index in [0.717, 1.165) is 23.3 Å². The summed E-state index contributed by atoms with van der Waals surface area (Å²) in [7, 11) is 0. The lowest BCUT2D eigenvalue weighted by Crippen LogP contribution is -2.04. The Morgan fingerprint density at radius 3 is 2.29 bits per heavy atom. The van der Waals surface area contributed by atoms with Crippen LogP contribution in [-0.4, -0.2) is 9.49 Å². The lowest BCUT2D eigenvalue weighted by molar-refractivity contribution is -0.384. The van der Waals surface area contributed by atoms with Crippen LogP contribution in [0.1, 0.15) is 12.5 Å². The molecule has 3 rings (SSSR count). The number of benzene rings is 2. The summed E-state index contributed by atoms with van der Waals surface area (Å²) in [6, 6.07) is 11.2. The number of aryl methyl sites for hydroxylation is 1. The van der Waals surface area contributed by atoms with Gasteiger partial charge in [-0.1, -0.05) is 12.1 Å². The predicted octanol–water partition coefficient (Wildman–Crippen LogP) is 5.26. The monoisotopic (exact) mass is 334 g/mol. The Kier molecular flexibility index (Phi) is 3.79. The van der Waals surface area contributed by atoms with Gasteiger partial charge in [0.2, 0.25) is 0 Å². The number of non-ortho nitro benzene ring substituents is 1. The number of nitro groups is 1. The standard InChI is InChI=1S/C17H13F3N2O2/c1-2-21-15-8-7-14(22(23)24)9-12(15)10-16(21)11-3-5-13(6-4-11)17(18,19)20/h3-10H,2H2,1H3. The van der Waals surface area contributed by atoms with Crippen LogP contribution < -0.4 is 0 Å². The normalized spacial score (nSPS) is 11.8. The third-order valence-electron chi connectivity index (χ3n) is 3.92. The maximum absolute atomic E-state index is 12.7. The van der Waals surface area contributed by atoms with E-state index >= 15 is 0 Å². The first-order valence-corrected chi connectivity index (χ1v) is 7.26. The van der Waals surface area contributed by atoms with Gasteiger partial charge >= 0.3 is 6.18 Å². The van der Waals surface area contributed by atoms with Crippen molar-refractivity contribution in [1.82, 2.24) is 4.57 Å². The van der Waals surface area contributed by atoms with E-state index in [9.17, 15) is 23.3 Å². The molecule has 0 radical (unpaired) electrons. The highest BCUT2D eigenvalue weighted by molar-refractivity contribution is 5.88. The van der Waals surface area contributed by atoms with Crippen molar-refractivity contribution >= 4 is 16.6 Å². The second-order valence-corrected chi connectivity index (χ2v) is 5.35. The van der Waals surface area contributed by atoms with Gasteiger partial charge in [-0.05, 0) is 36.8 Å². The number of hydrogen-bond donors (Lipinski definition) is 0. The van der Waals surface area contributed by atoms with Crippen molar-refractivity contribution in [2.75, 3.05) is 0 Å². The summed E-state index contributed by atoms with van der Waals surface area (Å²) in [5.74, 6) is 0. The molecule has 1 heterocycles. The molecule has 3 aromatic rings. The minimum Gasteiger partial charge on any atom is -0.341 e. The van der Waals surface area contributed by atoms with Crippen molar-refractivity contribution in [3.05, 3.63) is 64.2 Å². The predicted molar refractivity (Wildman–Crippen MR) is 84.7 cm³/mol. The van der Waals surface area contributed by atoms with Gasteiger partial charge in [-0.25, -0.2) is 0 Å². The Bertz CT molecular complexity index is 912. The van der Waals surface area contributed by atoms with E-state index in [4.69, 9.17) is 0 Å². The third kappa shape index (κ3) is 2.73. The summed E-state index contributed by atoms with van der Waals surface area (Å²) in [5, 5.41) is 11.6. The minimum atomic E-state index is -4.38. The molecule has 0 aliphatic heterocycles. The van der Waals surface area contributed by atoms with E-state index in [1.165, 1.54) is 24.3 Å². The van der Waals surface area contributed by atoms with Crippen LogP contribution in [0, 0.1) is 10.1 Å². The molecule has 4 nitrogen and oxygen atoms in total. The number of halogens is 3. The zero-order valence-corrected chi connectivity index (χ0v) is 12.7. The van der Waals surface area contributed by atoms with Crippen molar-refractivity contribution in [1.29, 1.82) is 0 Å². The van der Waals surface area contributed by atoms with Gasteiger partial charge in [-0.15, -0.1) is 0 Å². The summed E-state index contributed by atoms with van der Waals surface area (Å²) in [5.41, 5.74) is 1.43. The highest BCUT2D eigenvalue weighted by Gasteiger charge is 2.30. The summed E-state index contributed by atoms with van der Waals surface area (Å²) in [4.78, 5) is 10.4. The topological polar surface area (TPSA) is 48.1 Å². The molecule has 0 atom stereocenters. The number of hydrogen-bond acceptors (Lipinski definition) is 2. The van der Waals surface area contributed by atoms with Gasteiger partial charge in [0.25, 0.3) is 5.69 Å². The Morgan fingerprint density at radius 1 is 1.08 bits per heavy atom. The number of nitro benzene ring substituents is 1. The average Bonchev–Trinajstić information content (AvgIpc) is 2.91. The van der Waals surface area contributed by atoms with Crippen LogP contribution in [-0.2, 0) is 12.7 Å². The Balaban J connectivity index is 2.13. The lowest BCUT2D eigenvalue weighted by atomic mass is 10.1. The van der Waals surface area contributed by atoms with Crippen LogP contribution >= 0.6 is 0 Å². The van der Waals surface area contributed by atoms with Gasteiger partial charge in [-0.3, -0.25) is 10.1 Å². The highest BCUT2D eigenvalue weighted by Crippen LogP contribution is 2.33. The van der Waals surface area contributed by atoms with Crippen LogP contribution in [0.2, 0.25) is 0 Å². The van der Waals surface area contributed by atoms with Crippen molar-refractivity contribution < 1.29 is 18.1 Å². The van der Waals surface area contributed by atoms with E-state index in [2.05, 4.69) is 0 Å². The maximum atomic E-state index is 12.7. The average molecular weight is 334 g/mol. The highest BCUT2D eigenvalue weighted by atomic mass is 19.4. The second-order valence-electron chi connectivity index (χ2n) is 5.35. The number of rotatable bonds is 3. The molecule has 24 heavy (non-hydrogen) atoms. The molecule has 0 aliphatic carbocycles.